The molecule has 4 aromatic carbocycles. The van der Waals surface area contributed by atoms with Crippen LogP contribution in [0.3, 0.4) is 0 Å². The molecule has 44 heavy (non-hydrogen) atoms. The fourth-order valence-electron chi connectivity index (χ4n) is 6.92. The van der Waals surface area contributed by atoms with E-state index in [1.54, 1.807) is 6.07 Å². The molecule has 4 nitrogen and oxygen atoms in total. The first kappa shape index (κ1) is 30.2. The molecule has 2 aliphatic rings. The lowest BCUT2D eigenvalue weighted by molar-refractivity contribution is 0.0949. The number of carbonyl (C=O) groups excluding carboxylic acids is 1. The Morgan fingerprint density at radius 1 is 0.773 bits per heavy atom. The van der Waals surface area contributed by atoms with Gasteiger partial charge in [0.2, 0.25) is 0 Å². The quantitative estimate of drug-likeness (QED) is 0.155. The molecule has 228 valence electrons. The second-order valence-corrected chi connectivity index (χ2v) is 12.3. The predicted molar refractivity (Wildman–Crippen MR) is 175 cm³/mol. The normalized spacial score (nSPS) is 17.1. The van der Waals surface area contributed by atoms with Gasteiger partial charge in [0, 0.05) is 49.1 Å². The zero-order chi connectivity index (χ0) is 30.1. The molecule has 2 aliphatic heterocycles. The molecule has 4 aromatic rings. The van der Waals surface area contributed by atoms with Gasteiger partial charge in [0.15, 0.2) is 5.78 Å². The van der Waals surface area contributed by atoms with E-state index in [0.717, 1.165) is 64.2 Å². The number of carbonyl (C=O) groups is 1. The van der Waals surface area contributed by atoms with Crippen LogP contribution in [0.2, 0.25) is 0 Å². The van der Waals surface area contributed by atoms with E-state index in [1.807, 2.05) is 36.4 Å². The number of ketones is 1. The Balaban J connectivity index is 1.04. The largest absolute Gasteiger partial charge is 0.490 e. The highest BCUT2D eigenvalue weighted by Crippen LogP contribution is 2.32. The number of ether oxygens (including phenoxy) is 1. The Kier molecular flexibility index (Phi) is 10.2. The molecule has 0 amide bonds. The standard InChI is InChI=1S/C39H43FN2O2/c40-37-19-8-7-18-35(37)38(42-24-9-10-25-42)20-21-39(43)32-16-11-17-34(28-32)44-33-22-26-41(27-23-33)29-36(30-12-3-1-4-13-30)31-14-5-2-6-15-31/h1-8,11-19,28,33,36,38H,9-10,20-27,29H2. The lowest BCUT2D eigenvalue weighted by Crippen LogP contribution is -2.40. The van der Waals surface area contributed by atoms with Gasteiger partial charge in [-0.15, -0.1) is 0 Å². The fourth-order valence-corrected chi connectivity index (χ4v) is 6.92. The van der Waals surface area contributed by atoms with Crippen LogP contribution >= 0.6 is 0 Å². The molecule has 0 radical (unpaired) electrons. The average Bonchev–Trinajstić information content (AvgIpc) is 3.61. The molecule has 1 unspecified atom stereocenters. The number of hydrogen-bond acceptors (Lipinski definition) is 4. The topological polar surface area (TPSA) is 32.8 Å². The van der Waals surface area contributed by atoms with Crippen molar-refractivity contribution in [1.29, 1.82) is 0 Å². The molecular formula is C39H43FN2O2. The molecule has 0 spiro atoms. The van der Waals surface area contributed by atoms with E-state index in [-0.39, 0.29) is 23.7 Å². The van der Waals surface area contributed by atoms with Crippen molar-refractivity contribution in [2.24, 2.45) is 0 Å². The van der Waals surface area contributed by atoms with E-state index in [0.29, 0.717) is 29.9 Å². The first-order valence-electron chi connectivity index (χ1n) is 16.2. The Hall–Kier alpha value is -3.80. The van der Waals surface area contributed by atoms with Gasteiger partial charge in [-0.25, -0.2) is 4.39 Å². The van der Waals surface area contributed by atoms with E-state index in [9.17, 15) is 9.18 Å². The summed E-state index contributed by atoms with van der Waals surface area (Å²) in [6, 6.07) is 36.1. The Morgan fingerprint density at radius 2 is 1.41 bits per heavy atom. The molecule has 0 N–H and O–H groups in total. The molecule has 0 aliphatic carbocycles. The van der Waals surface area contributed by atoms with E-state index in [1.165, 1.54) is 17.2 Å². The zero-order valence-corrected chi connectivity index (χ0v) is 25.5. The second kappa shape index (κ2) is 14.8. The summed E-state index contributed by atoms with van der Waals surface area (Å²) in [7, 11) is 0. The van der Waals surface area contributed by atoms with Crippen LogP contribution in [0.5, 0.6) is 5.75 Å². The third-order valence-electron chi connectivity index (χ3n) is 9.33. The molecule has 5 heteroatoms. The van der Waals surface area contributed by atoms with Crippen molar-refractivity contribution < 1.29 is 13.9 Å². The van der Waals surface area contributed by atoms with E-state index in [2.05, 4.69) is 70.5 Å². The summed E-state index contributed by atoms with van der Waals surface area (Å²) in [5, 5.41) is 0. The number of hydrogen-bond donors (Lipinski definition) is 0. The summed E-state index contributed by atoms with van der Waals surface area (Å²) in [6.07, 6.45) is 5.26. The third kappa shape index (κ3) is 7.64. The lowest BCUT2D eigenvalue weighted by atomic mass is 9.90. The highest BCUT2D eigenvalue weighted by Gasteiger charge is 2.27. The van der Waals surface area contributed by atoms with Gasteiger partial charge in [0.05, 0.1) is 0 Å². The molecule has 0 saturated carbocycles. The summed E-state index contributed by atoms with van der Waals surface area (Å²) in [5.74, 6) is 0.986. The average molecular weight is 591 g/mol. The van der Waals surface area contributed by atoms with Gasteiger partial charge in [0.1, 0.15) is 17.7 Å². The van der Waals surface area contributed by atoms with Crippen LogP contribution in [0.4, 0.5) is 4.39 Å². The zero-order valence-electron chi connectivity index (χ0n) is 25.5. The minimum absolute atomic E-state index is 0.0735. The summed E-state index contributed by atoms with van der Waals surface area (Å²) < 4.78 is 21.2. The maximum absolute atomic E-state index is 14.7. The highest BCUT2D eigenvalue weighted by molar-refractivity contribution is 5.96. The van der Waals surface area contributed by atoms with Crippen molar-refractivity contribution >= 4 is 5.78 Å². The van der Waals surface area contributed by atoms with Gasteiger partial charge < -0.3 is 9.64 Å². The summed E-state index contributed by atoms with van der Waals surface area (Å²) in [6.45, 7) is 4.85. The van der Waals surface area contributed by atoms with E-state index >= 15 is 0 Å². The number of nitrogens with zero attached hydrogens (tertiary/aromatic N) is 2. The van der Waals surface area contributed by atoms with Gasteiger partial charge in [-0.1, -0.05) is 91.0 Å². The van der Waals surface area contributed by atoms with Crippen LogP contribution in [0.1, 0.15) is 77.5 Å². The molecule has 1 atom stereocenters. The molecular weight excluding hydrogens is 547 g/mol. The summed E-state index contributed by atoms with van der Waals surface area (Å²) in [4.78, 5) is 18.2. The van der Waals surface area contributed by atoms with Crippen molar-refractivity contribution in [3.63, 3.8) is 0 Å². The summed E-state index contributed by atoms with van der Waals surface area (Å²) in [5.41, 5.74) is 4.06. The molecule has 0 bridgehead atoms. The number of piperidine rings is 1. The van der Waals surface area contributed by atoms with Gasteiger partial charge in [0.25, 0.3) is 0 Å². The van der Waals surface area contributed by atoms with Crippen molar-refractivity contribution in [2.75, 3.05) is 32.7 Å². The SMILES string of the molecule is O=C(CCC(c1ccccc1F)N1CCCC1)c1cccc(OC2CCN(CC(c3ccccc3)c3ccccc3)CC2)c1. The Bertz CT molecular complexity index is 1440. The first-order valence-corrected chi connectivity index (χ1v) is 16.2. The van der Waals surface area contributed by atoms with Crippen molar-refractivity contribution in [3.05, 3.63) is 137 Å². The third-order valence-corrected chi connectivity index (χ3v) is 9.33. The number of likely N-dealkylation sites (tertiary alicyclic amines) is 2. The fraction of sp³-hybridized carbons (Fsp3) is 0.359. The number of halogens is 1. The minimum atomic E-state index is -0.186. The Labute approximate surface area is 261 Å². The van der Waals surface area contributed by atoms with Crippen LogP contribution in [0.25, 0.3) is 0 Å². The lowest BCUT2D eigenvalue weighted by Gasteiger charge is -2.34. The highest BCUT2D eigenvalue weighted by atomic mass is 19.1. The van der Waals surface area contributed by atoms with Crippen LogP contribution in [0.15, 0.2) is 109 Å². The van der Waals surface area contributed by atoms with Crippen LogP contribution < -0.4 is 4.74 Å². The Morgan fingerprint density at radius 3 is 2.07 bits per heavy atom. The second-order valence-electron chi connectivity index (χ2n) is 12.3. The molecule has 6 rings (SSSR count). The number of benzene rings is 4. The minimum Gasteiger partial charge on any atom is -0.490 e. The van der Waals surface area contributed by atoms with Gasteiger partial charge in [-0.3, -0.25) is 9.69 Å². The number of Topliss-reactive ketones (excluding diaryl/α,β-unsaturated/α-hetero) is 1. The predicted octanol–water partition coefficient (Wildman–Crippen LogP) is 8.30. The maximum Gasteiger partial charge on any atom is 0.163 e. The molecule has 2 fully saturated rings. The summed E-state index contributed by atoms with van der Waals surface area (Å²) >= 11 is 0. The van der Waals surface area contributed by atoms with E-state index < -0.39 is 0 Å². The van der Waals surface area contributed by atoms with Gasteiger partial charge in [-0.2, -0.15) is 0 Å². The first-order chi connectivity index (χ1) is 21.6. The molecule has 2 heterocycles. The van der Waals surface area contributed by atoms with Crippen LogP contribution in [0, 0.1) is 5.82 Å². The molecule has 0 aromatic heterocycles. The van der Waals surface area contributed by atoms with Crippen molar-refractivity contribution in [1.82, 2.24) is 9.80 Å². The van der Waals surface area contributed by atoms with Crippen molar-refractivity contribution in [3.8, 4) is 5.75 Å². The molecule has 2 saturated heterocycles. The maximum atomic E-state index is 14.7. The van der Waals surface area contributed by atoms with Crippen molar-refractivity contribution in [2.45, 2.75) is 56.6 Å². The van der Waals surface area contributed by atoms with Gasteiger partial charge in [-0.05, 0) is 74.5 Å². The van der Waals surface area contributed by atoms with Crippen LogP contribution in [-0.4, -0.2) is 54.4 Å². The monoisotopic (exact) mass is 590 g/mol. The number of rotatable bonds is 12. The van der Waals surface area contributed by atoms with E-state index in [4.69, 9.17) is 4.74 Å². The van der Waals surface area contributed by atoms with Gasteiger partial charge >= 0.3 is 0 Å². The van der Waals surface area contributed by atoms with Crippen LogP contribution in [-0.2, 0) is 0 Å². The smallest absolute Gasteiger partial charge is 0.163 e.